The summed E-state index contributed by atoms with van der Waals surface area (Å²) in [5.74, 6) is 0. The molecule has 0 aliphatic heterocycles. The van der Waals surface area contributed by atoms with Gasteiger partial charge in [0.25, 0.3) is 5.69 Å². The van der Waals surface area contributed by atoms with E-state index in [0.717, 1.165) is 24.3 Å². The molecule has 0 unspecified atom stereocenters. The Balaban J connectivity index is 1.93. The second-order valence-electron chi connectivity index (χ2n) is 3.97. The monoisotopic (exact) mass is 272 g/mol. The molecule has 1 fully saturated rings. The first kappa shape index (κ1) is 12.7. The number of aliphatic hydroxyl groups is 1. The molecule has 1 aliphatic rings. The highest BCUT2D eigenvalue weighted by Crippen LogP contribution is 2.51. The summed E-state index contributed by atoms with van der Waals surface area (Å²) in [5, 5.41) is 20.5. The Morgan fingerprint density at radius 1 is 1.53 bits per heavy atom. The highest BCUT2D eigenvalue weighted by molar-refractivity contribution is 8.77. The molecule has 0 radical (unpaired) electrons. The van der Waals surface area contributed by atoms with Crippen LogP contribution in [0.2, 0.25) is 0 Å². The van der Waals surface area contributed by atoms with E-state index in [-0.39, 0.29) is 17.0 Å². The fourth-order valence-electron chi connectivity index (χ4n) is 1.50. The van der Waals surface area contributed by atoms with Crippen LogP contribution in [0.5, 0.6) is 0 Å². The van der Waals surface area contributed by atoms with E-state index in [4.69, 9.17) is 0 Å². The average molecular weight is 272 g/mol. The van der Waals surface area contributed by atoms with Crippen molar-refractivity contribution in [2.45, 2.75) is 29.0 Å². The Morgan fingerprint density at radius 2 is 2.29 bits per heavy atom. The summed E-state index contributed by atoms with van der Waals surface area (Å²) in [7, 11) is 3.08. The summed E-state index contributed by atoms with van der Waals surface area (Å²) in [4.78, 5) is 14.0. The topological polar surface area (TPSA) is 76.3 Å². The summed E-state index contributed by atoms with van der Waals surface area (Å²) < 4.78 is -0.0336. The van der Waals surface area contributed by atoms with Gasteiger partial charge >= 0.3 is 0 Å². The first-order chi connectivity index (χ1) is 8.15. The first-order valence-corrected chi connectivity index (χ1v) is 7.37. The molecule has 7 heteroatoms. The predicted octanol–water partition coefficient (Wildman–Crippen LogP) is 2.65. The van der Waals surface area contributed by atoms with Gasteiger partial charge in [-0.05, 0) is 29.7 Å². The normalized spacial score (nSPS) is 17.5. The molecule has 0 spiro atoms. The van der Waals surface area contributed by atoms with E-state index in [1.165, 1.54) is 23.1 Å². The van der Waals surface area contributed by atoms with Crippen LogP contribution in [-0.4, -0.2) is 26.4 Å². The minimum absolute atomic E-state index is 0.000124. The van der Waals surface area contributed by atoms with E-state index in [1.54, 1.807) is 16.9 Å². The number of aliphatic hydroxyl groups excluding tert-OH is 1. The molecule has 0 aromatic carbocycles. The second kappa shape index (κ2) is 5.24. The van der Waals surface area contributed by atoms with Crippen LogP contribution in [0.3, 0.4) is 0 Å². The maximum absolute atomic E-state index is 10.5. The van der Waals surface area contributed by atoms with E-state index in [2.05, 4.69) is 4.98 Å². The molecule has 0 bridgehead atoms. The summed E-state index contributed by atoms with van der Waals surface area (Å²) in [6, 6.07) is 3.09. The summed E-state index contributed by atoms with van der Waals surface area (Å²) in [5.41, 5.74) is -0.000124. The van der Waals surface area contributed by atoms with Gasteiger partial charge in [0.15, 0.2) is 0 Å². The molecular weight excluding hydrogens is 260 g/mol. The zero-order valence-electron chi connectivity index (χ0n) is 9.04. The van der Waals surface area contributed by atoms with Crippen molar-refractivity contribution in [1.82, 2.24) is 4.98 Å². The van der Waals surface area contributed by atoms with Crippen LogP contribution >= 0.6 is 21.6 Å². The van der Waals surface area contributed by atoms with Crippen molar-refractivity contribution in [3.63, 3.8) is 0 Å². The molecule has 5 nitrogen and oxygen atoms in total. The summed E-state index contributed by atoms with van der Waals surface area (Å²) in [6.45, 7) is 0.178. The van der Waals surface area contributed by atoms with E-state index < -0.39 is 4.92 Å². The van der Waals surface area contributed by atoms with E-state index in [0.29, 0.717) is 0 Å². The first-order valence-electron chi connectivity index (χ1n) is 5.22. The number of rotatable bonds is 5. The zero-order chi connectivity index (χ0) is 12.3. The summed E-state index contributed by atoms with van der Waals surface area (Å²) in [6.07, 6.45) is 4.46. The van der Waals surface area contributed by atoms with Gasteiger partial charge < -0.3 is 5.11 Å². The molecule has 2 rings (SSSR count). The van der Waals surface area contributed by atoms with Crippen LogP contribution in [0.4, 0.5) is 5.69 Å². The molecule has 0 amide bonds. The number of hydrogen-bond acceptors (Lipinski definition) is 6. The van der Waals surface area contributed by atoms with Gasteiger partial charge in [0.05, 0.1) is 11.5 Å². The van der Waals surface area contributed by atoms with Gasteiger partial charge in [-0.1, -0.05) is 17.2 Å². The lowest BCUT2D eigenvalue weighted by molar-refractivity contribution is -0.385. The number of hydrogen-bond donors (Lipinski definition) is 1. The van der Waals surface area contributed by atoms with Crippen molar-refractivity contribution < 1.29 is 10.0 Å². The molecule has 92 valence electrons. The number of nitro groups is 1. The Morgan fingerprint density at radius 3 is 2.71 bits per heavy atom. The minimum Gasteiger partial charge on any atom is -0.395 e. The third-order valence-corrected chi connectivity index (χ3v) is 6.00. The van der Waals surface area contributed by atoms with Crippen molar-refractivity contribution >= 4 is 27.3 Å². The van der Waals surface area contributed by atoms with E-state index >= 15 is 0 Å². The van der Waals surface area contributed by atoms with Crippen LogP contribution in [0.25, 0.3) is 0 Å². The standard InChI is InChI=1S/C10H12N2O3S2/c13-7-10(4-1-5-10)17-16-9-3-2-8(6-11-9)12(14)15/h2-3,6,13H,1,4-5,7H2. The summed E-state index contributed by atoms with van der Waals surface area (Å²) >= 11 is 0. The van der Waals surface area contributed by atoms with Crippen LogP contribution in [0.1, 0.15) is 19.3 Å². The fourth-order valence-corrected chi connectivity index (χ4v) is 4.23. The fraction of sp³-hybridized carbons (Fsp3) is 0.500. The van der Waals surface area contributed by atoms with Gasteiger partial charge in [-0.25, -0.2) is 4.98 Å². The number of nitrogens with zero attached hydrogens (tertiary/aromatic N) is 2. The highest BCUT2D eigenvalue weighted by atomic mass is 33.1. The Bertz CT molecular complexity index is 401. The molecule has 0 saturated heterocycles. The van der Waals surface area contributed by atoms with Crippen molar-refractivity contribution in [2.24, 2.45) is 0 Å². The lowest BCUT2D eigenvalue weighted by Crippen LogP contribution is -2.36. The average Bonchev–Trinajstić information content (AvgIpc) is 2.29. The largest absolute Gasteiger partial charge is 0.395 e. The molecule has 1 heterocycles. The maximum atomic E-state index is 10.5. The highest BCUT2D eigenvalue weighted by Gasteiger charge is 2.37. The third-order valence-electron chi connectivity index (χ3n) is 2.79. The predicted molar refractivity (Wildman–Crippen MR) is 68.0 cm³/mol. The number of pyridine rings is 1. The van der Waals surface area contributed by atoms with Crippen molar-refractivity contribution in [1.29, 1.82) is 0 Å². The smallest absolute Gasteiger partial charge is 0.287 e. The lowest BCUT2D eigenvalue weighted by atomic mass is 9.85. The molecule has 1 saturated carbocycles. The molecule has 0 atom stereocenters. The van der Waals surface area contributed by atoms with Crippen LogP contribution in [0.15, 0.2) is 23.4 Å². The maximum Gasteiger partial charge on any atom is 0.287 e. The second-order valence-corrected chi connectivity index (χ2v) is 6.59. The van der Waals surface area contributed by atoms with Crippen LogP contribution in [-0.2, 0) is 0 Å². The van der Waals surface area contributed by atoms with Crippen molar-refractivity contribution in [2.75, 3.05) is 6.61 Å². The molecule has 1 aliphatic carbocycles. The van der Waals surface area contributed by atoms with Gasteiger partial charge in [0.2, 0.25) is 0 Å². The van der Waals surface area contributed by atoms with Gasteiger partial charge in [-0.15, -0.1) is 0 Å². The van der Waals surface area contributed by atoms with Crippen LogP contribution < -0.4 is 0 Å². The van der Waals surface area contributed by atoms with Gasteiger partial charge in [0, 0.05) is 10.8 Å². The van der Waals surface area contributed by atoms with Crippen LogP contribution in [0, 0.1) is 10.1 Å². The van der Waals surface area contributed by atoms with E-state index in [1.807, 2.05) is 0 Å². The van der Waals surface area contributed by atoms with Crippen molar-refractivity contribution in [3.05, 3.63) is 28.4 Å². The molecule has 1 aromatic heterocycles. The third kappa shape index (κ3) is 2.91. The Labute approximate surface area is 107 Å². The molecule has 1 aromatic rings. The quantitative estimate of drug-likeness (QED) is 0.504. The molecular formula is C10H12N2O3S2. The Kier molecular flexibility index (Phi) is 3.90. The Hall–Kier alpha value is -0.790. The van der Waals surface area contributed by atoms with Crippen molar-refractivity contribution in [3.8, 4) is 0 Å². The minimum atomic E-state index is -0.463. The molecule has 1 N–H and O–H groups in total. The lowest BCUT2D eigenvalue weighted by Gasteiger charge is -2.38. The number of aromatic nitrogens is 1. The van der Waals surface area contributed by atoms with Gasteiger partial charge in [-0.3, -0.25) is 10.1 Å². The zero-order valence-corrected chi connectivity index (χ0v) is 10.7. The van der Waals surface area contributed by atoms with Gasteiger partial charge in [0.1, 0.15) is 11.2 Å². The van der Waals surface area contributed by atoms with E-state index in [9.17, 15) is 15.2 Å². The SMILES string of the molecule is O=[N+]([O-])c1ccc(SSC2(CO)CCC2)nc1. The van der Waals surface area contributed by atoms with Gasteiger partial charge in [-0.2, -0.15) is 0 Å². The molecule has 17 heavy (non-hydrogen) atoms.